The lowest BCUT2D eigenvalue weighted by Gasteiger charge is -2.39. The van der Waals surface area contributed by atoms with Crippen LogP contribution < -0.4 is 16.4 Å². The highest BCUT2D eigenvalue weighted by Crippen LogP contribution is 2.33. The minimum Gasteiger partial charge on any atom is -0.364 e. The maximum absolute atomic E-state index is 11.9. The van der Waals surface area contributed by atoms with Gasteiger partial charge in [0.25, 0.3) is 5.91 Å². The van der Waals surface area contributed by atoms with Gasteiger partial charge in [0, 0.05) is 38.8 Å². The molecule has 4 N–H and O–H groups in total. The van der Waals surface area contributed by atoms with Crippen LogP contribution in [0.1, 0.15) is 54.3 Å². The molecule has 0 aliphatic carbocycles. The van der Waals surface area contributed by atoms with Crippen molar-refractivity contribution in [1.29, 1.82) is 0 Å². The molecule has 29 heavy (non-hydrogen) atoms. The molecule has 1 aromatic carbocycles. The molecule has 1 aliphatic heterocycles. The number of carbonyl (C=O) groups excluding carboxylic acids is 2. The molecule has 0 fully saturated rings. The van der Waals surface area contributed by atoms with Gasteiger partial charge in [-0.3, -0.25) is 4.79 Å². The van der Waals surface area contributed by atoms with Crippen molar-refractivity contribution < 1.29 is 9.59 Å². The van der Waals surface area contributed by atoms with Gasteiger partial charge in [0.1, 0.15) is 5.82 Å². The lowest BCUT2D eigenvalue weighted by Crippen LogP contribution is -2.49. The summed E-state index contributed by atoms with van der Waals surface area (Å²) in [6, 6.07) is 7.69. The number of imidazole rings is 1. The first-order chi connectivity index (χ1) is 13.6. The van der Waals surface area contributed by atoms with Gasteiger partial charge in [-0.05, 0) is 31.0 Å². The predicted molar refractivity (Wildman–Crippen MR) is 113 cm³/mol. The summed E-state index contributed by atoms with van der Waals surface area (Å²) in [4.78, 5) is 29.8. The topological polar surface area (TPSA) is 105 Å². The number of fused-ring (bicyclic) bond motifs is 1. The van der Waals surface area contributed by atoms with Crippen molar-refractivity contribution in [2.24, 2.45) is 5.73 Å². The number of nitrogens with one attached hydrogen (secondary N) is 2. The lowest BCUT2D eigenvalue weighted by molar-refractivity contribution is 0.0993. The van der Waals surface area contributed by atoms with Crippen LogP contribution in [0.4, 0.5) is 10.5 Å². The smallest absolute Gasteiger partial charge is 0.321 e. The summed E-state index contributed by atoms with van der Waals surface area (Å²) in [7, 11) is 3.41. The summed E-state index contributed by atoms with van der Waals surface area (Å²) >= 11 is 0. The summed E-state index contributed by atoms with van der Waals surface area (Å²) in [6.45, 7) is 7.65. The van der Waals surface area contributed by atoms with Crippen molar-refractivity contribution in [3.8, 4) is 0 Å². The van der Waals surface area contributed by atoms with E-state index in [4.69, 9.17) is 5.73 Å². The summed E-state index contributed by atoms with van der Waals surface area (Å²) in [5.74, 6) is 0.559. The number of urea groups is 1. The van der Waals surface area contributed by atoms with Gasteiger partial charge < -0.3 is 25.8 Å². The van der Waals surface area contributed by atoms with E-state index in [0.29, 0.717) is 12.2 Å². The third-order valence-corrected chi connectivity index (χ3v) is 5.28. The Morgan fingerprint density at radius 1 is 1.31 bits per heavy atom. The summed E-state index contributed by atoms with van der Waals surface area (Å²) in [5.41, 5.74) is 8.39. The lowest BCUT2D eigenvalue weighted by atomic mass is 9.89. The predicted octanol–water partition coefficient (Wildman–Crippen LogP) is 2.26. The second-order valence-electron chi connectivity index (χ2n) is 8.42. The molecule has 3 rings (SSSR count). The van der Waals surface area contributed by atoms with E-state index in [1.54, 1.807) is 14.1 Å². The number of nitrogens with two attached hydrogens (primary N) is 1. The van der Waals surface area contributed by atoms with E-state index < -0.39 is 5.91 Å². The number of anilines is 1. The van der Waals surface area contributed by atoms with Crippen molar-refractivity contribution in [2.75, 3.05) is 26.0 Å². The molecule has 2 heterocycles. The van der Waals surface area contributed by atoms with Crippen molar-refractivity contribution >= 4 is 17.6 Å². The zero-order valence-corrected chi connectivity index (χ0v) is 17.7. The zero-order chi connectivity index (χ0) is 21.3. The normalized spacial score (nSPS) is 18.4. The van der Waals surface area contributed by atoms with Gasteiger partial charge in [0.05, 0.1) is 11.2 Å². The maximum atomic E-state index is 11.9. The van der Waals surface area contributed by atoms with Crippen LogP contribution in [-0.4, -0.2) is 47.0 Å². The highest BCUT2D eigenvalue weighted by Gasteiger charge is 2.37. The van der Waals surface area contributed by atoms with Gasteiger partial charge in [-0.1, -0.05) is 26.0 Å². The number of primary amides is 1. The van der Waals surface area contributed by atoms with Gasteiger partial charge >= 0.3 is 6.03 Å². The Hall–Kier alpha value is -2.87. The molecule has 1 unspecified atom stereocenters. The Balaban J connectivity index is 1.91. The van der Waals surface area contributed by atoms with Crippen LogP contribution in [-0.2, 0) is 18.5 Å². The monoisotopic (exact) mass is 398 g/mol. The molecule has 1 atom stereocenters. The number of rotatable bonds is 5. The van der Waals surface area contributed by atoms with Crippen molar-refractivity contribution in [3.05, 3.63) is 47.0 Å². The molecule has 0 saturated heterocycles. The number of nitrogens with zero attached hydrogens (tertiary/aromatic N) is 3. The maximum Gasteiger partial charge on any atom is 0.321 e. The first-order valence-electron chi connectivity index (χ1n) is 9.82. The van der Waals surface area contributed by atoms with Gasteiger partial charge in [0.15, 0.2) is 5.69 Å². The van der Waals surface area contributed by atoms with E-state index in [0.717, 1.165) is 35.7 Å². The number of hydrogen-bond donors (Lipinski definition) is 3. The Kier molecular flexibility index (Phi) is 5.66. The Morgan fingerprint density at radius 2 is 1.97 bits per heavy atom. The fourth-order valence-electron chi connectivity index (χ4n) is 3.87. The van der Waals surface area contributed by atoms with E-state index in [2.05, 4.69) is 41.0 Å². The summed E-state index contributed by atoms with van der Waals surface area (Å²) in [6.07, 6.45) is 0.753. The average molecular weight is 399 g/mol. The van der Waals surface area contributed by atoms with Crippen LogP contribution >= 0.6 is 0 Å². The van der Waals surface area contributed by atoms with Gasteiger partial charge in [-0.2, -0.15) is 0 Å². The van der Waals surface area contributed by atoms with Crippen molar-refractivity contribution in [2.45, 2.75) is 45.2 Å². The van der Waals surface area contributed by atoms with E-state index in [1.165, 1.54) is 4.90 Å². The molecule has 0 bridgehead atoms. The van der Waals surface area contributed by atoms with Crippen LogP contribution in [0, 0.1) is 0 Å². The third kappa shape index (κ3) is 4.12. The number of carbonyl (C=O) groups is 2. The number of benzene rings is 1. The van der Waals surface area contributed by atoms with Gasteiger partial charge in [0.2, 0.25) is 0 Å². The summed E-state index contributed by atoms with van der Waals surface area (Å²) < 4.78 is 2.20. The molecule has 0 radical (unpaired) electrons. The molecule has 2 aromatic rings. The number of hydrogen-bond acceptors (Lipinski definition) is 4. The molecule has 0 spiro atoms. The molecule has 0 saturated carbocycles. The quantitative estimate of drug-likeness (QED) is 0.718. The SMILES string of the molecule is CC(C)c1nc(C(N)=O)c2n1C(C)(Cc1ccc(NC(=O)N(C)C)cc1)CNC2. The van der Waals surface area contributed by atoms with Crippen LogP contribution in [0.25, 0.3) is 0 Å². The molecular formula is C21H30N6O2. The third-order valence-electron chi connectivity index (χ3n) is 5.28. The van der Waals surface area contributed by atoms with Crippen LogP contribution in [0.3, 0.4) is 0 Å². The standard InChI is InChI=1S/C21H30N6O2/c1-13(2)19-25-17(18(22)28)16-11-23-12-21(3,27(16)19)10-14-6-8-15(9-7-14)24-20(29)26(4)5/h6-9,13,23H,10-12H2,1-5H3,(H2,22,28)(H,24,29). The van der Waals surface area contributed by atoms with Gasteiger partial charge in [-0.15, -0.1) is 0 Å². The van der Waals surface area contributed by atoms with E-state index >= 15 is 0 Å². The van der Waals surface area contributed by atoms with Crippen LogP contribution in [0.15, 0.2) is 24.3 Å². The highest BCUT2D eigenvalue weighted by molar-refractivity contribution is 5.92. The molecule has 1 aliphatic rings. The Morgan fingerprint density at radius 3 is 2.52 bits per heavy atom. The first kappa shape index (κ1) is 20.9. The zero-order valence-electron chi connectivity index (χ0n) is 17.7. The highest BCUT2D eigenvalue weighted by atomic mass is 16.2. The summed E-state index contributed by atoms with van der Waals surface area (Å²) in [5, 5.41) is 6.26. The molecule has 3 amide bonds. The van der Waals surface area contributed by atoms with E-state index in [1.807, 2.05) is 24.3 Å². The van der Waals surface area contributed by atoms with E-state index in [-0.39, 0.29) is 17.5 Å². The largest absolute Gasteiger partial charge is 0.364 e. The van der Waals surface area contributed by atoms with E-state index in [9.17, 15) is 9.59 Å². The molecule has 1 aromatic heterocycles. The Labute approximate surface area is 171 Å². The second kappa shape index (κ2) is 7.87. The van der Waals surface area contributed by atoms with Crippen LogP contribution in [0.2, 0.25) is 0 Å². The first-order valence-corrected chi connectivity index (χ1v) is 9.82. The van der Waals surface area contributed by atoms with Crippen molar-refractivity contribution in [3.63, 3.8) is 0 Å². The minimum absolute atomic E-state index is 0.162. The molecule has 156 valence electrons. The second-order valence-corrected chi connectivity index (χ2v) is 8.42. The fraction of sp³-hybridized carbons (Fsp3) is 0.476. The number of aromatic nitrogens is 2. The number of amides is 3. The Bertz CT molecular complexity index is 916. The fourth-order valence-corrected chi connectivity index (χ4v) is 3.87. The molecule has 8 heteroatoms. The average Bonchev–Trinajstić information content (AvgIpc) is 3.05. The van der Waals surface area contributed by atoms with Crippen LogP contribution in [0.5, 0.6) is 0 Å². The van der Waals surface area contributed by atoms with Crippen molar-refractivity contribution in [1.82, 2.24) is 19.8 Å². The minimum atomic E-state index is -0.493. The molecular weight excluding hydrogens is 368 g/mol. The molecule has 8 nitrogen and oxygen atoms in total. The van der Waals surface area contributed by atoms with Gasteiger partial charge in [-0.25, -0.2) is 9.78 Å².